The van der Waals surface area contributed by atoms with E-state index in [-0.39, 0.29) is 29.4 Å². The molecule has 0 radical (unpaired) electrons. The quantitative estimate of drug-likeness (QED) is 0.619. The average molecular weight is 436 g/mol. The number of anilines is 1. The molecule has 1 aliphatic heterocycles. The van der Waals surface area contributed by atoms with Gasteiger partial charge in [-0.1, -0.05) is 17.7 Å². The van der Waals surface area contributed by atoms with Crippen LogP contribution in [0.25, 0.3) is 0 Å². The summed E-state index contributed by atoms with van der Waals surface area (Å²) < 4.78 is 0. The summed E-state index contributed by atoms with van der Waals surface area (Å²) in [5.41, 5.74) is 3.03. The van der Waals surface area contributed by atoms with Gasteiger partial charge in [0, 0.05) is 43.6 Å². The lowest BCUT2D eigenvalue weighted by Crippen LogP contribution is -2.44. The van der Waals surface area contributed by atoms with Crippen molar-refractivity contribution in [3.63, 3.8) is 0 Å². The van der Waals surface area contributed by atoms with Crippen LogP contribution in [0.3, 0.4) is 0 Å². The van der Waals surface area contributed by atoms with Crippen molar-refractivity contribution in [2.45, 2.75) is 32.4 Å². The maximum atomic E-state index is 12.9. The van der Waals surface area contributed by atoms with Crippen molar-refractivity contribution in [1.82, 2.24) is 20.2 Å². The van der Waals surface area contributed by atoms with Crippen molar-refractivity contribution in [2.75, 3.05) is 18.4 Å². The van der Waals surface area contributed by atoms with Gasteiger partial charge in [0.25, 0.3) is 11.8 Å². The van der Waals surface area contributed by atoms with E-state index < -0.39 is 0 Å². The number of benzene rings is 1. The number of aromatic nitrogens is 2. The maximum absolute atomic E-state index is 12.9. The van der Waals surface area contributed by atoms with Crippen molar-refractivity contribution >= 4 is 29.0 Å². The molecule has 2 aromatic heterocycles. The zero-order chi connectivity index (χ0) is 21.6. The standard InChI is InChI=1S/C23H25N5O2S/c1-16-2-4-18(5-3-16)22(29)27-21-20(24-9-10-25-21)23(30)26-19-6-11-28(12-7-19)14-17-8-13-31-15-17/h2-5,8-10,13,15,19H,6-7,11-12,14H2,1H3,(H,26,30)(H,25,27,29). The fraction of sp³-hybridized carbons (Fsp3) is 0.304. The van der Waals surface area contributed by atoms with Gasteiger partial charge in [0.05, 0.1) is 0 Å². The molecule has 2 amide bonds. The number of hydrogen-bond acceptors (Lipinski definition) is 6. The van der Waals surface area contributed by atoms with Crippen LogP contribution in [-0.2, 0) is 6.54 Å². The molecular formula is C23H25N5O2S. The van der Waals surface area contributed by atoms with Crippen LogP contribution in [0.5, 0.6) is 0 Å². The molecule has 160 valence electrons. The molecule has 31 heavy (non-hydrogen) atoms. The number of nitrogens with one attached hydrogen (secondary N) is 2. The Bertz CT molecular complexity index is 1030. The highest BCUT2D eigenvalue weighted by Crippen LogP contribution is 2.17. The number of amides is 2. The van der Waals surface area contributed by atoms with E-state index in [4.69, 9.17) is 0 Å². The molecule has 1 aliphatic rings. The molecule has 0 saturated carbocycles. The van der Waals surface area contributed by atoms with Gasteiger partial charge in [-0.3, -0.25) is 14.5 Å². The Morgan fingerprint density at radius 2 is 1.81 bits per heavy atom. The number of rotatable bonds is 6. The van der Waals surface area contributed by atoms with Gasteiger partial charge >= 0.3 is 0 Å². The second kappa shape index (κ2) is 9.80. The van der Waals surface area contributed by atoms with Crippen LogP contribution >= 0.6 is 11.3 Å². The van der Waals surface area contributed by atoms with Gasteiger partial charge < -0.3 is 10.6 Å². The largest absolute Gasteiger partial charge is 0.348 e. The fourth-order valence-electron chi connectivity index (χ4n) is 3.61. The number of piperidine rings is 1. The van der Waals surface area contributed by atoms with E-state index >= 15 is 0 Å². The first-order valence-electron chi connectivity index (χ1n) is 10.3. The zero-order valence-corrected chi connectivity index (χ0v) is 18.2. The third-order valence-corrected chi connectivity index (χ3v) is 6.10. The second-order valence-electron chi connectivity index (χ2n) is 7.73. The summed E-state index contributed by atoms with van der Waals surface area (Å²) >= 11 is 1.71. The van der Waals surface area contributed by atoms with Gasteiger partial charge in [-0.2, -0.15) is 11.3 Å². The van der Waals surface area contributed by atoms with E-state index in [1.165, 1.54) is 18.0 Å². The minimum absolute atomic E-state index is 0.0777. The molecule has 0 aliphatic carbocycles. The lowest BCUT2D eigenvalue weighted by atomic mass is 10.0. The topological polar surface area (TPSA) is 87.2 Å². The number of nitrogens with zero attached hydrogens (tertiary/aromatic N) is 3. The van der Waals surface area contributed by atoms with E-state index in [2.05, 4.69) is 42.3 Å². The Labute approximate surface area is 185 Å². The monoisotopic (exact) mass is 435 g/mol. The summed E-state index contributed by atoms with van der Waals surface area (Å²) in [6.45, 7) is 4.76. The summed E-state index contributed by atoms with van der Waals surface area (Å²) in [5, 5.41) is 10.0. The van der Waals surface area contributed by atoms with Gasteiger partial charge in [0.2, 0.25) is 0 Å². The van der Waals surface area contributed by atoms with E-state index in [1.807, 2.05) is 19.1 Å². The van der Waals surface area contributed by atoms with Crippen molar-refractivity contribution in [2.24, 2.45) is 0 Å². The average Bonchev–Trinajstić information content (AvgIpc) is 3.29. The van der Waals surface area contributed by atoms with Crippen molar-refractivity contribution in [3.8, 4) is 0 Å². The third-order valence-electron chi connectivity index (χ3n) is 5.37. The molecule has 7 nitrogen and oxygen atoms in total. The van der Waals surface area contributed by atoms with Crippen molar-refractivity contribution in [1.29, 1.82) is 0 Å². The SMILES string of the molecule is Cc1ccc(C(=O)Nc2nccnc2C(=O)NC2CCN(Cc3ccsc3)CC2)cc1. The molecule has 1 fully saturated rings. The number of likely N-dealkylation sites (tertiary alicyclic amines) is 1. The zero-order valence-electron chi connectivity index (χ0n) is 17.4. The van der Waals surface area contributed by atoms with Gasteiger partial charge in [-0.15, -0.1) is 0 Å². The van der Waals surface area contributed by atoms with Crippen LogP contribution in [0.1, 0.15) is 44.8 Å². The highest BCUT2D eigenvalue weighted by atomic mass is 32.1. The molecule has 1 aromatic carbocycles. The molecule has 2 N–H and O–H groups in total. The second-order valence-corrected chi connectivity index (χ2v) is 8.51. The van der Waals surface area contributed by atoms with Crippen molar-refractivity contribution in [3.05, 3.63) is 75.9 Å². The molecule has 0 unspecified atom stereocenters. The molecule has 0 bridgehead atoms. The summed E-state index contributed by atoms with van der Waals surface area (Å²) in [6.07, 6.45) is 4.67. The molecule has 0 spiro atoms. The molecular weight excluding hydrogens is 410 g/mol. The first-order chi connectivity index (χ1) is 15.1. The number of aryl methyl sites for hydroxylation is 1. The van der Waals surface area contributed by atoms with E-state index in [1.54, 1.807) is 23.5 Å². The highest BCUT2D eigenvalue weighted by Gasteiger charge is 2.24. The minimum atomic E-state index is -0.323. The Balaban J connectivity index is 1.35. The Hall–Kier alpha value is -3.10. The predicted molar refractivity (Wildman–Crippen MR) is 121 cm³/mol. The van der Waals surface area contributed by atoms with E-state index in [0.29, 0.717) is 5.56 Å². The third kappa shape index (κ3) is 5.53. The van der Waals surface area contributed by atoms with Crippen LogP contribution in [0, 0.1) is 6.92 Å². The first-order valence-corrected chi connectivity index (χ1v) is 11.3. The van der Waals surface area contributed by atoms with Crippen LogP contribution in [0.4, 0.5) is 5.82 Å². The Morgan fingerprint density at radius 1 is 1.06 bits per heavy atom. The summed E-state index contributed by atoms with van der Waals surface area (Å²) in [4.78, 5) is 36.1. The molecule has 4 rings (SSSR count). The van der Waals surface area contributed by atoms with E-state index in [0.717, 1.165) is 38.0 Å². The fourth-order valence-corrected chi connectivity index (χ4v) is 4.27. The van der Waals surface area contributed by atoms with Crippen LogP contribution in [0.2, 0.25) is 0 Å². The van der Waals surface area contributed by atoms with Gasteiger partial charge in [-0.05, 0) is 54.3 Å². The number of carbonyl (C=O) groups is 2. The van der Waals surface area contributed by atoms with E-state index in [9.17, 15) is 9.59 Å². The van der Waals surface area contributed by atoms with Gasteiger partial charge in [0.15, 0.2) is 11.5 Å². The number of carbonyl (C=O) groups excluding carboxylic acids is 2. The summed E-state index contributed by atoms with van der Waals surface area (Å²) in [5.74, 6) is -0.472. The van der Waals surface area contributed by atoms with Crippen LogP contribution < -0.4 is 10.6 Å². The molecule has 3 heterocycles. The van der Waals surface area contributed by atoms with Gasteiger partial charge in [-0.25, -0.2) is 9.97 Å². The smallest absolute Gasteiger partial charge is 0.273 e. The predicted octanol–water partition coefficient (Wildman–Crippen LogP) is 3.49. The molecule has 0 atom stereocenters. The van der Waals surface area contributed by atoms with Crippen LogP contribution in [-0.4, -0.2) is 45.8 Å². The lowest BCUT2D eigenvalue weighted by molar-refractivity contribution is 0.0904. The molecule has 8 heteroatoms. The minimum Gasteiger partial charge on any atom is -0.348 e. The van der Waals surface area contributed by atoms with Crippen LogP contribution in [0.15, 0.2) is 53.5 Å². The van der Waals surface area contributed by atoms with Gasteiger partial charge in [0.1, 0.15) is 0 Å². The maximum Gasteiger partial charge on any atom is 0.273 e. The highest BCUT2D eigenvalue weighted by molar-refractivity contribution is 7.07. The number of thiophene rings is 1. The lowest BCUT2D eigenvalue weighted by Gasteiger charge is -2.32. The number of hydrogen-bond donors (Lipinski definition) is 2. The molecule has 1 saturated heterocycles. The normalized spacial score (nSPS) is 14.9. The summed E-state index contributed by atoms with van der Waals surface area (Å²) in [6, 6.07) is 9.44. The summed E-state index contributed by atoms with van der Waals surface area (Å²) in [7, 11) is 0. The Morgan fingerprint density at radius 3 is 2.52 bits per heavy atom. The molecule has 3 aromatic rings. The first kappa shape index (κ1) is 21.1. The van der Waals surface area contributed by atoms with Crippen molar-refractivity contribution < 1.29 is 9.59 Å². The Kier molecular flexibility index (Phi) is 6.69.